The van der Waals surface area contributed by atoms with E-state index < -0.39 is 17.6 Å². The molecule has 0 fully saturated rings. The molecular formula is C20H18F3N3O3S. The van der Waals surface area contributed by atoms with Crippen LogP contribution < -0.4 is 10.1 Å². The van der Waals surface area contributed by atoms with E-state index >= 15 is 0 Å². The predicted octanol–water partition coefficient (Wildman–Crippen LogP) is 4.43. The molecule has 10 heteroatoms. The van der Waals surface area contributed by atoms with E-state index in [1.165, 1.54) is 24.5 Å². The number of amides is 1. The molecule has 2 aromatic heterocycles. The Hall–Kier alpha value is -2.98. The molecule has 1 amide bonds. The zero-order chi connectivity index (χ0) is 21.6. The molecule has 0 spiro atoms. The highest BCUT2D eigenvalue weighted by Crippen LogP contribution is 2.35. The fourth-order valence-electron chi connectivity index (χ4n) is 2.53. The number of thiazole rings is 1. The van der Waals surface area contributed by atoms with Crippen molar-refractivity contribution in [3.05, 3.63) is 59.4 Å². The summed E-state index contributed by atoms with van der Waals surface area (Å²) in [6, 6.07) is 6.56. The van der Waals surface area contributed by atoms with Gasteiger partial charge in [0.25, 0.3) is 0 Å². The summed E-state index contributed by atoms with van der Waals surface area (Å²) in [7, 11) is 1.48. The number of anilines is 1. The van der Waals surface area contributed by atoms with E-state index in [0.29, 0.717) is 10.7 Å². The van der Waals surface area contributed by atoms with Crippen LogP contribution in [0.2, 0.25) is 0 Å². The van der Waals surface area contributed by atoms with Crippen LogP contribution >= 0.6 is 11.3 Å². The minimum absolute atomic E-state index is 0.0614. The minimum atomic E-state index is -4.54. The molecule has 1 aromatic carbocycles. The fraction of sp³-hybridized carbons (Fsp3) is 0.250. The molecule has 1 N–H and O–H groups in total. The molecule has 0 atom stereocenters. The minimum Gasteiger partial charge on any atom is -0.489 e. The van der Waals surface area contributed by atoms with Crippen molar-refractivity contribution in [2.45, 2.75) is 12.6 Å². The van der Waals surface area contributed by atoms with Crippen molar-refractivity contribution in [1.82, 2.24) is 9.97 Å². The van der Waals surface area contributed by atoms with E-state index in [1.54, 1.807) is 23.8 Å². The summed E-state index contributed by atoms with van der Waals surface area (Å²) >= 11 is 1.36. The van der Waals surface area contributed by atoms with E-state index in [9.17, 15) is 18.0 Å². The molecule has 3 rings (SSSR count). The van der Waals surface area contributed by atoms with Gasteiger partial charge >= 0.3 is 6.18 Å². The number of hydrogen-bond donors (Lipinski definition) is 1. The van der Waals surface area contributed by atoms with Gasteiger partial charge in [-0.05, 0) is 30.3 Å². The Morgan fingerprint density at radius 3 is 2.77 bits per heavy atom. The highest BCUT2D eigenvalue weighted by atomic mass is 32.1. The van der Waals surface area contributed by atoms with Crippen molar-refractivity contribution >= 4 is 22.9 Å². The van der Waals surface area contributed by atoms with Crippen molar-refractivity contribution in [3.63, 3.8) is 0 Å². The molecule has 0 saturated heterocycles. The van der Waals surface area contributed by atoms with Crippen LogP contribution in [0.4, 0.5) is 18.9 Å². The maximum atomic E-state index is 13.1. The van der Waals surface area contributed by atoms with Crippen LogP contribution in [0.15, 0.2) is 48.1 Å². The Morgan fingerprint density at radius 2 is 2.07 bits per heavy atom. The van der Waals surface area contributed by atoms with Crippen molar-refractivity contribution in [2.24, 2.45) is 0 Å². The number of carbonyl (C=O) groups excluding carboxylic acids is 1. The average molecular weight is 437 g/mol. The summed E-state index contributed by atoms with van der Waals surface area (Å²) in [6.45, 7) is 0.385. The molecule has 6 nitrogen and oxygen atoms in total. The molecule has 30 heavy (non-hydrogen) atoms. The number of ether oxygens (including phenoxy) is 2. The van der Waals surface area contributed by atoms with Gasteiger partial charge in [0.15, 0.2) is 0 Å². The first-order valence-electron chi connectivity index (χ1n) is 8.84. The van der Waals surface area contributed by atoms with Crippen LogP contribution in [0.1, 0.15) is 11.3 Å². The van der Waals surface area contributed by atoms with Gasteiger partial charge in [0.1, 0.15) is 17.4 Å². The van der Waals surface area contributed by atoms with Gasteiger partial charge in [-0.25, -0.2) is 4.98 Å². The first-order chi connectivity index (χ1) is 14.4. The lowest BCUT2D eigenvalue weighted by Crippen LogP contribution is -2.17. The quantitative estimate of drug-likeness (QED) is 0.528. The average Bonchev–Trinajstić information content (AvgIpc) is 3.17. The van der Waals surface area contributed by atoms with E-state index in [0.717, 1.165) is 17.7 Å². The van der Waals surface area contributed by atoms with Gasteiger partial charge in [-0.2, -0.15) is 13.2 Å². The van der Waals surface area contributed by atoms with Gasteiger partial charge in [0, 0.05) is 30.4 Å². The van der Waals surface area contributed by atoms with Crippen LogP contribution in [0, 0.1) is 0 Å². The van der Waals surface area contributed by atoms with Crippen molar-refractivity contribution in [2.75, 3.05) is 25.6 Å². The van der Waals surface area contributed by atoms with Crippen molar-refractivity contribution in [3.8, 4) is 16.3 Å². The first kappa shape index (κ1) is 21.7. The SMILES string of the molecule is COCCOc1ccc(C(F)(F)F)cc1NC(=O)Cc1csc(-c2cccnc2)n1. The third-order valence-electron chi connectivity index (χ3n) is 3.93. The highest BCUT2D eigenvalue weighted by molar-refractivity contribution is 7.13. The fourth-order valence-corrected chi connectivity index (χ4v) is 3.34. The number of alkyl halides is 3. The monoisotopic (exact) mass is 437 g/mol. The van der Waals surface area contributed by atoms with Crippen LogP contribution in [-0.4, -0.2) is 36.2 Å². The van der Waals surface area contributed by atoms with Crippen LogP contribution in [0.25, 0.3) is 10.6 Å². The number of hydrogen-bond acceptors (Lipinski definition) is 6. The molecular weight excluding hydrogens is 419 g/mol. The Bertz CT molecular complexity index is 994. The lowest BCUT2D eigenvalue weighted by molar-refractivity contribution is -0.137. The summed E-state index contributed by atoms with van der Waals surface area (Å²) < 4.78 is 49.5. The molecule has 158 valence electrons. The van der Waals surface area contributed by atoms with Gasteiger partial charge in [-0.3, -0.25) is 9.78 Å². The second-order valence-electron chi connectivity index (χ2n) is 6.16. The number of aromatic nitrogens is 2. The van der Waals surface area contributed by atoms with Crippen molar-refractivity contribution < 1.29 is 27.4 Å². The van der Waals surface area contributed by atoms with E-state index in [1.807, 2.05) is 6.07 Å². The summed E-state index contributed by atoms with van der Waals surface area (Å²) in [5.74, 6) is -0.378. The van der Waals surface area contributed by atoms with Gasteiger partial charge in [0.05, 0.1) is 30.0 Å². The smallest absolute Gasteiger partial charge is 0.416 e. The Kier molecular flexibility index (Phi) is 7.01. The summed E-state index contributed by atoms with van der Waals surface area (Å²) in [5, 5.41) is 4.92. The molecule has 0 saturated carbocycles. The maximum Gasteiger partial charge on any atom is 0.416 e. The summed E-state index contributed by atoms with van der Waals surface area (Å²) in [5.41, 5.74) is 0.379. The van der Waals surface area contributed by atoms with Gasteiger partial charge in [0.2, 0.25) is 5.91 Å². The van der Waals surface area contributed by atoms with E-state index in [-0.39, 0.29) is 31.1 Å². The molecule has 0 aliphatic carbocycles. The molecule has 0 aliphatic heterocycles. The number of nitrogens with zero attached hydrogens (tertiary/aromatic N) is 2. The zero-order valence-corrected chi connectivity index (χ0v) is 16.7. The topological polar surface area (TPSA) is 73.3 Å². The Balaban J connectivity index is 1.73. The Morgan fingerprint density at radius 1 is 1.23 bits per heavy atom. The van der Waals surface area contributed by atoms with Crippen molar-refractivity contribution in [1.29, 1.82) is 0 Å². The highest BCUT2D eigenvalue weighted by Gasteiger charge is 2.31. The zero-order valence-electron chi connectivity index (χ0n) is 15.9. The number of rotatable bonds is 8. The van der Waals surface area contributed by atoms with E-state index in [2.05, 4.69) is 15.3 Å². The largest absolute Gasteiger partial charge is 0.489 e. The second kappa shape index (κ2) is 9.68. The number of methoxy groups -OCH3 is 1. The summed E-state index contributed by atoms with van der Waals surface area (Å²) in [4.78, 5) is 20.9. The normalized spacial score (nSPS) is 11.3. The van der Waals surface area contributed by atoms with Crippen LogP contribution in [0.3, 0.4) is 0 Å². The standard InChI is InChI=1S/C20H18F3N3O3S/c1-28-7-8-29-17-5-4-14(20(21,22)23)9-16(17)26-18(27)10-15-12-30-19(25-15)13-3-2-6-24-11-13/h2-6,9,11-12H,7-8,10H2,1H3,(H,26,27). The van der Waals surface area contributed by atoms with Gasteiger partial charge < -0.3 is 14.8 Å². The van der Waals surface area contributed by atoms with Crippen LogP contribution in [0.5, 0.6) is 5.75 Å². The number of pyridine rings is 1. The molecule has 0 unspecified atom stereocenters. The molecule has 0 radical (unpaired) electrons. The molecule has 0 bridgehead atoms. The van der Waals surface area contributed by atoms with Gasteiger partial charge in [-0.1, -0.05) is 0 Å². The van der Waals surface area contributed by atoms with E-state index in [4.69, 9.17) is 9.47 Å². The van der Waals surface area contributed by atoms with Crippen LogP contribution in [-0.2, 0) is 22.1 Å². The predicted molar refractivity (Wildman–Crippen MR) is 106 cm³/mol. The number of benzene rings is 1. The molecule has 3 aromatic rings. The number of carbonyl (C=O) groups is 1. The number of halogens is 3. The molecule has 0 aliphatic rings. The number of nitrogens with one attached hydrogen (secondary N) is 1. The second-order valence-corrected chi connectivity index (χ2v) is 7.02. The summed E-state index contributed by atoms with van der Waals surface area (Å²) in [6.07, 6.45) is -1.33. The maximum absolute atomic E-state index is 13.1. The third kappa shape index (κ3) is 5.77. The first-order valence-corrected chi connectivity index (χ1v) is 9.72. The van der Waals surface area contributed by atoms with Gasteiger partial charge in [-0.15, -0.1) is 11.3 Å². The Labute approximate surface area is 174 Å². The third-order valence-corrected chi connectivity index (χ3v) is 4.87. The lowest BCUT2D eigenvalue weighted by atomic mass is 10.1. The molecule has 2 heterocycles. The lowest BCUT2D eigenvalue weighted by Gasteiger charge is -2.15.